The number of carbonyl (C=O) groups excluding carboxylic acids is 1. The van der Waals surface area contributed by atoms with E-state index in [1.165, 1.54) is 18.2 Å². The van der Waals surface area contributed by atoms with Gasteiger partial charge >= 0.3 is 0 Å². The van der Waals surface area contributed by atoms with Gasteiger partial charge in [0.25, 0.3) is 5.91 Å². The Morgan fingerprint density at radius 3 is 2.88 bits per heavy atom. The van der Waals surface area contributed by atoms with E-state index in [9.17, 15) is 13.6 Å². The average Bonchev–Trinajstić information content (AvgIpc) is 3.31. The van der Waals surface area contributed by atoms with Gasteiger partial charge < -0.3 is 15.0 Å². The highest BCUT2D eigenvalue weighted by atomic mass is 35.5. The first-order chi connectivity index (χ1) is 15.3. The molecule has 168 valence electrons. The van der Waals surface area contributed by atoms with Crippen LogP contribution in [-0.2, 0) is 13.1 Å². The van der Waals surface area contributed by atoms with Crippen molar-refractivity contribution in [3.8, 4) is 5.75 Å². The number of carbonyl (C=O) groups is 1. The molecule has 1 fully saturated rings. The second-order valence-corrected chi connectivity index (χ2v) is 8.67. The highest BCUT2D eigenvalue weighted by Gasteiger charge is 2.32. The van der Waals surface area contributed by atoms with Gasteiger partial charge in [0.05, 0.1) is 40.8 Å². The standard InChI is InChI=1S/C22H22ClF2N5O2/c1-11-20(23)12(2)30-21(27-11)17-9-29(10-18(17)28-30)22(31)16-4-3-13(24)6-19(16)32-15-5-14(25)7-26-8-15/h3-4,6,14-15,26H,5,7-10H2,1-2H3. The van der Waals surface area contributed by atoms with E-state index in [0.717, 1.165) is 17.0 Å². The zero-order chi connectivity index (χ0) is 22.6. The summed E-state index contributed by atoms with van der Waals surface area (Å²) in [6.45, 7) is 5.02. The molecule has 0 spiro atoms. The Labute approximate surface area is 188 Å². The summed E-state index contributed by atoms with van der Waals surface area (Å²) in [5.74, 6) is -0.711. The summed E-state index contributed by atoms with van der Waals surface area (Å²) in [7, 11) is 0. The molecule has 2 unspecified atom stereocenters. The zero-order valence-electron chi connectivity index (χ0n) is 17.7. The van der Waals surface area contributed by atoms with Crippen molar-refractivity contribution in [2.75, 3.05) is 13.1 Å². The van der Waals surface area contributed by atoms with Gasteiger partial charge in [-0.25, -0.2) is 18.3 Å². The maximum absolute atomic E-state index is 13.9. The molecule has 10 heteroatoms. The Balaban J connectivity index is 1.42. The number of piperidine rings is 1. The molecule has 2 aliphatic rings. The maximum Gasteiger partial charge on any atom is 0.258 e. The van der Waals surface area contributed by atoms with Crippen LogP contribution in [0.5, 0.6) is 5.75 Å². The van der Waals surface area contributed by atoms with E-state index in [1.54, 1.807) is 9.42 Å². The molecule has 2 aromatic heterocycles. The molecular formula is C22H22ClF2N5O2. The molecule has 1 saturated heterocycles. The molecule has 4 heterocycles. The summed E-state index contributed by atoms with van der Waals surface area (Å²) in [5, 5.41) is 8.10. The van der Waals surface area contributed by atoms with E-state index in [1.807, 2.05) is 13.8 Å². The van der Waals surface area contributed by atoms with Gasteiger partial charge in [0.15, 0.2) is 5.65 Å². The van der Waals surface area contributed by atoms with Crippen molar-refractivity contribution in [3.63, 3.8) is 0 Å². The summed E-state index contributed by atoms with van der Waals surface area (Å²) in [6.07, 6.45) is -1.33. The number of fused-ring (bicyclic) bond motifs is 3. The number of alkyl halides is 1. The third-order valence-corrected chi connectivity index (χ3v) is 6.51. The van der Waals surface area contributed by atoms with Crippen LogP contribution >= 0.6 is 11.6 Å². The lowest BCUT2D eigenvalue weighted by Crippen LogP contribution is -2.43. The molecule has 0 saturated carbocycles. The molecule has 32 heavy (non-hydrogen) atoms. The van der Waals surface area contributed by atoms with Gasteiger partial charge in [-0.3, -0.25) is 4.79 Å². The van der Waals surface area contributed by atoms with Gasteiger partial charge in [-0.15, -0.1) is 0 Å². The van der Waals surface area contributed by atoms with Crippen LogP contribution in [0, 0.1) is 19.7 Å². The van der Waals surface area contributed by atoms with Crippen LogP contribution in [0.1, 0.15) is 39.4 Å². The average molecular weight is 462 g/mol. The molecule has 5 rings (SSSR count). The van der Waals surface area contributed by atoms with Crippen LogP contribution in [0.4, 0.5) is 8.78 Å². The Kier molecular flexibility index (Phi) is 5.25. The van der Waals surface area contributed by atoms with Crippen molar-refractivity contribution in [2.45, 2.75) is 45.6 Å². The lowest BCUT2D eigenvalue weighted by molar-refractivity contribution is 0.0734. The number of nitrogens with one attached hydrogen (secondary N) is 1. The highest BCUT2D eigenvalue weighted by molar-refractivity contribution is 6.31. The third-order valence-electron chi connectivity index (χ3n) is 5.97. The fourth-order valence-corrected chi connectivity index (χ4v) is 4.44. The van der Waals surface area contributed by atoms with Gasteiger partial charge in [-0.2, -0.15) is 5.10 Å². The first-order valence-corrected chi connectivity index (χ1v) is 10.8. The van der Waals surface area contributed by atoms with Crippen molar-refractivity contribution < 1.29 is 18.3 Å². The molecule has 0 radical (unpaired) electrons. The summed E-state index contributed by atoms with van der Waals surface area (Å²) in [5.41, 5.74) is 4.01. The Hall–Kier alpha value is -2.78. The minimum atomic E-state index is -1.04. The molecule has 1 amide bonds. The SMILES string of the molecule is Cc1nc2c3c(nn2c(C)c1Cl)CN(C(=O)c1ccc(F)cc1OC1CNCC(F)C1)C3. The number of benzene rings is 1. The van der Waals surface area contributed by atoms with E-state index >= 15 is 0 Å². The number of nitrogens with zero attached hydrogens (tertiary/aromatic N) is 4. The first-order valence-electron chi connectivity index (χ1n) is 10.4. The number of rotatable bonds is 3. The molecule has 2 atom stereocenters. The van der Waals surface area contributed by atoms with E-state index < -0.39 is 18.1 Å². The summed E-state index contributed by atoms with van der Waals surface area (Å²) >= 11 is 6.30. The third kappa shape index (κ3) is 3.59. The largest absolute Gasteiger partial charge is 0.488 e. The molecule has 1 N–H and O–H groups in total. The van der Waals surface area contributed by atoms with Crippen LogP contribution in [0.25, 0.3) is 5.65 Å². The van der Waals surface area contributed by atoms with Gasteiger partial charge in [0, 0.05) is 31.1 Å². The topological polar surface area (TPSA) is 71.8 Å². The Morgan fingerprint density at radius 1 is 1.28 bits per heavy atom. The predicted octanol–water partition coefficient (Wildman–Crippen LogP) is 3.37. The molecular weight excluding hydrogens is 440 g/mol. The maximum atomic E-state index is 13.9. The van der Waals surface area contributed by atoms with Crippen LogP contribution in [0.15, 0.2) is 18.2 Å². The normalized spacial score (nSPS) is 20.6. The minimum Gasteiger partial charge on any atom is -0.488 e. The minimum absolute atomic E-state index is 0.117. The van der Waals surface area contributed by atoms with Crippen molar-refractivity contribution in [1.29, 1.82) is 0 Å². The molecule has 7 nitrogen and oxygen atoms in total. The molecule has 1 aromatic carbocycles. The summed E-state index contributed by atoms with van der Waals surface area (Å²) in [4.78, 5) is 19.5. The van der Waals surface area contributed by atoms with Crippen molar-refractivity contribution in [2.24, 2.45) is 0 Å². The van der Waals surface area contributed by atoms with Gasteiger partial charge in [0.1, 0.15) is 23.8 Å². The molecule has 0 bridgehead atoms. The number of aromatic nitrogens is 3. The second-order valence-electron chi connectivity index (χ2n) is 8.29. The molecule has 3 aromatic rings. The van der Waals surface area contributed by atoms with Gasteiger partial charge in [0.2, 0.25) is 0 Å². The number of ether oxygens (including phenoxy) is 1. The summed E-state index contributed by atoms with van der Waals surface area (Å²) in [6, 6.07) is 3.81. The van der Waals surface area contributed by atoms with E-state index in [0.29, 0.717) is 36.0 Å². The fraction of sp³-hybridized carbons (Fsp3) is 0.409. The van der Waals surface area contributed by atoms with E-state index in [-0.39, 0.29) is 30.2 Å². The Morgan fingerprint density at radius 2 is 2.09 bits per heavy atom. The number of hydrogen-bond acceptors (Lipinski definition) is 5. The highest BCUT2D eigenvalue weighted by Crippen LogP contribution is 2.32. The number of halogens is 3. The number of aryl methyl sites for hydroxylation is 2. The smallest absolute Gasteiger partial charge is 0.258 e. The number of hydrogen-bond donors (Lipinski definition) is 1. The van der Waals surface area contributed by atoms with Crippen molar-refractivity contribution in [1.82, 2.24) is 24.8 Å². The van der Waals surface area contributed by atoms with Crippen molar-refractivity contribution >= 4 is 23.2 Å². The molecule has 0 aliphatic carbocycles. The fourth-order valence-electron chi connectivity index (χ4n) is 4.32. The lowest BCUT2D eigenvalue weighted by Gasteiger charge is -2.27. The predicted molar refractivity (Wildman–Crippen MR) is 114 cm³/mol. The monoisotopic (exact) mass is 461 g/mol. The van der Waals surface area contributed by atoms with Crippen LogP contribution in [0.3, 0.4) is 0 Å². The first kappa shape index (κ1) is 21.1. The summed E-state index contributed by atoms with van der Waals surface area (Å²) < 4.78 is 35.2. The Bertz CT molecular complexity index is 1230. The second kappa shape index (κ2) is 7.97. The van der Waals surface area contributed by atoms with Gasteiger partial charge in [-0.05, 0) is 26.0 Å². The van der Waals surface area contributed by atoms with E-state index in [2.05, 4.69) is 15.4 Å². The van der Waals surface area contributed by atoms with Crippen LogP contribution in [0.2, 0.25) is 5.02 Å². The molecule has 2 aliphatic heterocycles. The quantitative estimate of drug-likeness (QED) is 0.647. The van der Waals surface area contributed by atoms with Crippen molar-refractivity contribution in [3.05, 3.63) is 57.2 Å². The van der Waals surface area contributed by atoms with Crippen LogP contribution in [-0.4, -0.2) is 50.8 Å². The van der Waals surface area contributed by atoms with Gasteiger partial charge in [-0.1, -0.05) is 11.6 Å². The lowest BCUT2D eigenvalue weighted by atomic mass is 10.1. The number of amides is 1. The van der Waals surface area contributed by atoms with Crippen LogP contribution < -0.4 is 10.1 Å². The zero-order valence-corrected chi connectivity index (χ0v) is 18.4. The van der Waals surface area contributed by atoms with E-state index in [4.69, 9.17) is 16.3 Å².